The largest absolute Gasteiger partial charge is 0.355 e. The van der Waals surface area contributed by atoms with Crippen LogP contribution < -0.4 is 5.32 Å². The lowest BCUT2D eigenvalue weighted by Crippen LogP contribution is -2.17. The normalized spacial score (nSPS) is 15.8. The van der Waals surface area contributed by atoms with E-state index in [-0.39, 0.29) is 11.7 Å². The molecular formula is C19H16ClNO2S. The van der Waals surface area contributed by atoms with Crippen molar-refractivity contribution in [3.05, 3.63) is 69.8 Å². The van der Waals surface area contributed by atoms with E-state index in [2.05, 4.69) is 5.32 Å². The first-order valence-corrected chi connectivity index (χ1v) is 8.94. The third-order valence-electron chi connectivity index (χ3n) is 3.85. The van der Waals surface area contributed by atoms with E-state index in [0.29, 0.717) is 22.6 Å². The fourth-order valence-corrected chi connectivity index (χ4v) is 3.76. The quantitative estimate of drug-likeness (QED) is 0.807. The molecule has 122 valence electrons. The van der Waals surface area contributed by atoms with Crippen molar-refractivity contribution in [3.63, 3.8) is 0 Å². The lowest BCUT2D eigenvalue weighted by atomic mass is 9.98. The number of halogens is 1. The van der Waals surface area contributed by atoms with Crippen LogP contribution in [0.15, 0.2) is 52.9 Å². The van der Waals surface area contributed by atoms with E-state index < -0.39 is 0 Å². The first kappa shape index (κ1) is 16.8. The molecule has 0 spiro atoms. The van der Waals surface area contributed by atoms with Gasteiger partial charge in [-0.25, -0.2) is 0 Å². The molecule has 1 aliphatic heterocycles. The molecule has 1 amide bonds. The Balaban J connectivity index is 1.92. The minimum Gasteiger partial charge on any atom is -0.355 e. The monoisotopic (exact) mass is 357 g/mol. The number of hydrogen-bond acceptors (Lipinski definition) is 3. The maximum atomic E-state index is 12.8. The molecule has 1 aliphatic rings. The second-order valence-corrected chi connectivity index (χ2v) is 7.01. The molecule has 0 saturated heterocycles. The van der Waals surface area contributed by atoms with Crippen LogP contribution in [0, 0.1) is 0 Å². The summed E-state index contributed by atoms with van der Waals surface area (Å²) in [5, 5.41) is 3.16. The van der Waals surface area contributed by atoms with Crippen LogP contribution in [-0.4, -0.2) is 24.5 Å². The highest BCUT2D eigenvalue weighted by Gasteiger charge is 2.20. The molecule has 5 heteroatoms. The first-order chi connectivity index (χ1) is 11.6. The number of nitrogens with one attached hydrogen (secondary N) is 1. The highest BCUT2D eigenvalue weighted by Crippen LogP contribution is 2.33. The molecule has 2 aromatic rings. The van der Waals surface area contributed by atoms with Crippen LogP contribution in [0.1, 0.15) is 32.7 Å². The molecule has 0 radical (unpaired) electrons. The van der Waals surface area contributed by atoms with Gasteiger partial charge >= 0.3 is 0 Å². The zero-order valence-corrected chi connectivity index (χ0v) is 14.7. The van der Waals surface area contributed by atoms with E-state index in [0.717, 1.165) is 21.8 Å². The molecule has 1 N–H and O–H groups in total. The van der Waals surface area contributed by atoms with Gasteiger partial charge in [0.05, 0.1) is 0 Å². The van der Waals surface area contributed by atoms with E-state index in [1.165, 1.54) is 0 Å². The minimum atomic E-state index is -0.125. The Hall–Kier alpha value is -2.04. The molecule has 3 nitrogen and oxygen atoms in total. The van der Waals surface area contributed by atoms with Crippen molar-refractivity contribution in [3.8, 4) is 0 Å². The number of carbonyl (C=O) groups excluding carboxylic acids is 2. The third kappa shape index (κ3) is 3.55. The van der Waals surface area contributed by atoms with Crippen LogP contribution in [0.3, 0.4) is 0 Å². The van der Waals surface area contributed by atoms with Gasteiger partial charge in [0.15, 0.2) is 5.78 Å². The van der Waals surface area contributed by atoms with Gasteiger partial charge in [0.2, 0.25) is 0 Å². The zero-order valence-electron chi connectivity index (χ0n) is 13.1. The van der Waals surface area contributed by atoms with Crippen LogP contribution in [-0.2, 0) is 0 Å². The minimum absolute atomic E-state index is 0.0212. The van der Waals surface area contributed by atoms with Crippen LogP contribution in [0.25, 0.3) is 6.08 Å². The van der Waals surface area contributed by atoms with E-state index in [1.54, 1.807) is 37.0 Å². The van der Waals surface area contributed by atoms with Crippen molar-refractivity contribution < 1.29 is 9.59 Å². The molecule has 0 aliphatic carbocycles. The lowest BCUT2D eigenvalue weighted by Gasteiger charge is -2.06. The number of thioether (sulfide) groups is 1. The Morgan fingerprint density at radius 3 is 2.67 bits per heavy atom. The summed E-state index contributed by atoms with van der Waals surface area (Å²) in [5.74, 6) is 0.746. The van der Waals surface area contributed by atoms with Crippen molar-refractivity contribution in [2.45, 2.75) is 11.3 Å². The molecule has 0 atom stereocenters. The molecule has 2 aromatic carbocycles. The number of fused-ring (bicyclic) bond motifs is 1. The van der Waals surface area contributed by atoms with Gasteiger partial charge < -0.3 is 5.32 Å². The van der Waals surface area contributed by atoms with Crippen LogP contribution >= 0.6 is 23.4 Å². The van der Waals surface area contributed by atoms with Crippen molar-refractivity contribution in [2.24, 2.45) is 0 Å². The maximum absolute atomic E-state index is 12.8. The third-order valence-corrected chi connectivity index (χ3v) is 5.16. The summed E-state index contributed by atoms with van der Waals surface area (Å²) in [6.07, 6.45) is 2.60. The van der Waals surface area contributed by atoms with Crippen LogP contribution in [0.2, 0.25) is 5.02 Å². The standard InChI is InChI=1S/C19H16ClNO2S/c1-21-19(23)13-4-2-12(3-5-13)10-14-8-9-24-17-7-6-15(20)11-16(17)18(14)22/h2-7,10-11H,8-9H2,1H3,(H,21,23)/b14-10-. The molecule has 0 bridgehead atoms. The summed E-state index contributed by atoms with van der Waals surface area (Å²) >= 11 is 7.72. The smallest absolute Gasteiger partial charge is 0.251 e. The van der Waals surface area contributed by atoms with Gasteiger partial charge in [0.1, 0.15) is 0 Å². The number of Topliss-reactive ketones (excluding diaryl/α,β-unsaturated/α-hetero) is 1. The zero-order chi connectivity index (χ0) is 17.1. The summed E-state index contributed by atoms with van der Waals surface area (Å²) in [4.78, 5) is 25.4. The maximum Gasteiger partial charge on any atom is 0.251 e. The van der Waals surface area contributed by atoms with Gasteiger partial charge in [-0.15, -0.1) is 11.8 Å². The summed E-state index contributed by atoms with van der Waals surface area (Å²) < 4.78 is 0. The number of ketones is 1. The Bertz CT molecular complexity index is 828. The van der Waals surface area contributed by atoms with E-state index in [4.69, 9.17) is 11.6 Å². The van der Waals surface area contributed by atoms with Gasteiger partial charge in [-0.2, -0.15) is 0 Å². The SMILES string of the molecule is CNC(=O)c1ccc(/C=C2/CCSc3ccc(Cl)cc3C2=O)cc1. The van der Waals surface area contributed by atoms with Gasteiger partial charge in [-0.3, -0.25) is 9.59 Å². The summed E-state index contributed by atoms with van der Waals surface area (Å²) in [6.45, 7) is 0. The molecule has 0 fully saturated rings. The average Bonchev–Trinajstić information content (AvgIpc) is 2.75. The van der Waals surface area contributed by atoms with Crippen LogP contribution in [0.5, 0.6) is 0 Å². The molecule has 24 heavy (non-hydrogen) atoms. The van der Waals surface area contributed by atoms with Crippen molar-refractivity contribution in [1.82, 2.24) is 5.32 Å². The number of rotatable bonds is 2. The Morgan fingerprint density at radius 2 is 1.96 bits per heavy atom. The number of amides is 1. The second-order valence-electron chi connectivity index (χ2n) is 5.44. The fourth-order valence-electron chi connectivity index (χ4n) is 2.58. The van der Waals surface area contributed by atoms with Gasteiger partial charge in [0.25, 0.3) is 5.91 Å². The molecule has 1 heterocycles. The highest BCUT2D eigenvalue weighted by atomic mass is 35.5. The predicted molar refractivity (Wildman–Crippen MR) is 98.9 cm³/mol. The second kappa shape index (κ2) is 7.24. The number of benzene rings is 2. The molecule has 0 saturated carbocycles. The van der Waals surface area contributed by atoms with Crippen molar-refractivity contribution in [2.75, 3.05) is 12.8 Å². The average molecular weight is 358 g/mol. The summed E-state index contributed by atoms with van der Waals surface area (Å²) in [6, 6.07) is 12.7. The number of carbonyl (C=O) groups is 2. The Kier molecular flexibility index (Phi) is 5.07. The van der Waals surface area contributed by atoms with Gasteiger partial charge in [-0.1, -0.05) is 23.7 Å². The molecular weight excluding hydrogens is 342 g/mol. The van der Waals surface area contributed by atoms with E-state index in [9.17, 15) is 9.59 Å². The number of hydrogen-bond donors (Lipinski definition) is 1. The number of allylic oxidation sites excluding steroid dienone is 1. The fraction of sp³-hybridized carbons (Fsp3) is 0.158. The Morgan fingerprint density at radius 1 is 1.21 bits per heavy atom. The van der Waals surface area contributed by atoms with Crippen molar-refractivity contribution in [1.29, 1.82) is 0 Å². The highest BCUT2D eigenvalue weighted by molar-refractivity contribution is 7.99. The topological polar surface area (TPSA) is 46.2 Å². The summed E-state index contributed by atoms with van der Waals surface area (Å²) in [7, 11) is 1.60. The van der Waals surface area contributed by atoms with E-state index >= 15 is 0 Å². The summed E-state index contributed by atoms with van der Waals surface area (Å²) in [5.41, 5.74) is 2.93. The molecule has 0 aromatic heterocycles. The molecule has 0 unspecified atom stereocenters. The van der Waals surface area contributed by atoms with E-state index in [1.807, 2.05) is 30.3 Å². The molecule has 3 rings (SSSR count). The van der Waals surface area contributed by atoms with Crippen molar-refractivity contribution >= 4 is 41.1 Å². The predicted octanol–water partition coefficient (Wildman–Crippen LogP) is 4.46. The van der Waals surface area contributed by atoms with Gasteiger partial charge in [0, 0.05) is 39.4 Å². The van der Waals surface area contributed by atoms with Crippen LogP contribution in [0.4, 0.5) is 0 Å². The first-order valence-electron chi connectivity index (χ1n) is 7.58. The van der Waals surface area contributed by atoms with Gasteiger partial charge in [-0.05, 0) is 48.4 Å². The Labute approximate surface area is 150 Å². The lowest BCUT2D eigenvalue weighted by molar-refractivity contribution is 0.0962.